The van der Waals surface area contributed by atoms with Gasteiger partial charge in [0.25, 0.3) is 5.91 Å². The van der Waals surface area contributed by atoms with Crippen LogP contribution < -0.4 is 4.90 Å². The molecule has 172 valence electrons. The Morgan fingerprint density at radius 2 is 1.66 bits per heavy atom. The van der Waals surface area contributed by atoms with Gasteiger partial charge in [0.05, 0.1) is 6.54 Å². The average molecular weight is 477 g/mol. The van der Waals surface area contributed by atoms with Crippen LogP contribution in [0.15, 0.2) is 102 Å². The van der Waals surface area contributed by atoms with E-state index < -0.39 is 0 Å². The lowest BCUT2D eigenvalue weighted by molar-refractivity contribution is 0.0989. The van der Waals surface area contributed by atoms with Crippen molar-refractivity contribution in [1.82, 2.24) is 14.5 Å². The van der Waals surface area contributed by atoms with Gasteiger partial charge in [-0.05, 0) is 53.4 Å². The second-order valence-corrected chi connectivity index (χ2v) is 9.58. The molecule has 1 aliphatic rings. The van der Waals surface area contributed by atoms with Gasteiger partial charge in [0.2, 0.25) is 0 Å². The summed E-state index contributed by atoms with van der Waals surface area (Å²) in [7, 11) is 0. The number of hydrogen-bond donors (Lipinski definition) is 0. The molecule has 5 nitrogen and oxygen atoms in total. The molecular weight excluding hydrogens is 452 g/mol. The number of benzene rings is 3. The first-order valence-electron chi connectivity index (χ1n) is 11.7. The van der Waals surface area contributed by atoms with Crippen molar-refractivity contribution in [2.75, 3.05) is 11.4 Å². The van der Waals surface area contributed by atoms with Crippen molar-refractivity contribution >= 4 is 34.5 Å². The Bertz CT molecular complexity index is 1490. The molecule has 2 aromatic heterocycles. The molecule has 0 saturated heterocycles. The predicted molar refractivity (Wildman–Crippen MR) is 141 cm³/mol. The maximum Gasteiger partial charge on any atom is 0.258 e. The number of aromatic nitrogens is 3. The highest BCUT2D eigenvalue weighted by Crippen LogP contribution is 2.30. The maximum absolute atomic E-state index is 13.2. The Morgan fingerprint density at radius 1 is 0.857 bits per heavy atom. The maximum atomic E-state index is 13.2. The Kier molecular flexibility index (Phi) is 5.80. The summed E-state index contributed by atoms with van der Waals surface area (Å²) in [5.41, 5.74) is 7.10. The van der Waals surface area contributed by atoms with Crippen molar-refractivity contribution < 1.29 is 4.79 Å². The van der Waals surface area contributed by atoms with Gasteiger partial charge in [-0.15, -0.1) is 0 Å². The number of carbonyl (C=O) groups excluding carboxylic acids is 1. The standard InChI is InChI=1S/C29H24N4OS/c34-28(32-18-16-23-9-4-5-11-26(23)32)24-14-12-21(13-15-24)19-33-27-25(10-6-17-30-27)31-29(33)35-20-22-7-2-1-3-8-22/h1-15,17H,16,18-20H2. The third kappa shape index (κ3) is 4.33. The van der Waals surface area contributed by atoms with E-state index in [1.54, 1.807) is 11.8 Å². The fourth-order valence-electron chi connectivity index (χ4n) is 4.55. The zero-order chi connectivity index (χ0) is 23.6. The van der Waals surface area contributed by atoms with Crippen molar-refractivity contribution in [3.8, 4) is 0 Å². The minimum absolute atomic E-state index is 0.0513. The molecule has 6 heteroatoms. The van der Waals surface area contributed by atoms with Crippen LogP contribution in [0.5, 0.6) is 0 Å². The van der Waals surface area contributed by atoms with Crippen molar-refractivity contribution in [1.29, 1.82) is 0 Å². The largest absolute Gasteiger partial charge is 0.308 e. The molecule has 1 aliphatic heterocycles. The number of para-hydroxylation sites is 1. The lowest BCUT2D eigenvalue weighted by atomic mass is 10.1. The first kappa shape index (κ1) is 21.6. The van der Waals surface area contributed by atoms with Gasteiger partial charge < -0.3 is 4.90 Å². The SMILES string of the molecule is O=C(c1ccc(Cn2c(SCc3ccccc3)nc3cccnc32)cc1)N1CCc2ccccc21. The van der Waals surface area contributed by atoms with E-state index >= 15 is 0 Å². The van der Waals surface area contributed by atoms with Gasteiger partial charge in [-0.3, -0.25) is 9.36 Å². The number of nitrogens with zero attached hydrogens (tertiary/aromatic N) is 4. The summed E-state index contributed by atoms with van der Waals surface area (Å²) in [4.78, 5) is 24.5. The minimum Gasteiger partial charge on any atom is -0.308 e. The first-order chi connectivity index (χ1) is 17.3. The number of carbonyl (C=O) groups is 1. The summed E-state index contributed by atoms with van der Waals surface area (Å²) in [6.45, 7) is 1.38. The van der Waals surface area contributed by atoms with E-state index in [0.29, 0.717) is 12.1 Å². The molecule has 0 bridgehead atoms. The number of imidazole rings is 1. The van der Waals surface area contributed by atoms with Crippen LogP contribution in [0.4, 0.5) is 5.69 Å². The van der Waals surface area contributed by atoms with Gasteiger partial charge >= 0.3 is 0 Å². The lowest BCUT2D eigenvalue weighted by Gasteiger charge is -2.17. The van der Waals surface area contributed by atoms with Gasteiger partial charge in [-0.2, -0.15) is 0 Å². The third-order valence-electron chi connectivity index (χ3n) is 6.35. The van der Waals surface area contributed by atoms with E-state index in [0.717, 1.165) is 46.3 Å². The quantitative estimate of drug-likeness (QED) is 0.283. The van der Waals surface area contributed by atoms with E-state index in [2.05, 4.69) is 39.9 Å². The predicted octanol–water partition coefficient (Wildman–Crippen LogP) is 5.97. The number of thioether (sulfide) groups is 1. The molecule has 6 rings (SSSR count). The summed E-state index contributed by atoms with van der Waals surface area (Å²) in [5, 5.41) is 0.941. The van der Waals surface area contributed by atoms with Crippen LogP contribution in [0.25, 0.3) is 11.2 Å². The summed E-state index contributed by atoms with van der Waals surface area (Å²) in [5.74, 6) is 0.893. The highest BCUT2D eigenvalue weighted by molar-refractivity contribution is 7.98. The van der Waals surface area contributed by atoms with E-state index in [9.17, 15) is 4.79 Å². The summed E-state index contributed by atoms with van der Waals surface area (Å²) < 4.78 is 2.16. The van der Waals surface area contributed by atoms with Crippen molar-refractivity contribution in [3.05, 3.63) is 119 Å². The van der Waals surface area contributed by atoms with Crippen LogP contribution >= 0.6 is 11.8 Å². The van der Waals surface area contributed by atoms with Crippen LogP contribution in [0.1, 0.15) is 27.0 Å². The second kappa shape index (κ2) is 9.39. The fourth-order valence-corrected chi connectivity index (χ4v) is 5.51. The molecule has 0 unspecified atom stereocenters. The second-order valence-electron chi connectivity index (χ2n) is 8.63. The average Bonchev–Trinajstić information content (AvgIpc) is 3.50. The third-order valence-corrected chi connectivity index (χ3v) is 7.40. The van der Waals surface area contributed by atoms with Gasteiger partial charge in [-0.25, -0.2) is 9.97 Å². The van der Waals surface area contributed by atoms with Crippen LogP contribution in [-0.4, -0.2) is 27.0 Å². The number of rotatable bonds is 6. The molecule has 5 aromatic rings. The summed E-state index contributed by atoms with van der Waals surface area (Å²) in [6.07, 6.45) is 2.71. The number of hydrogen-bond acceptors (Lipinski definition) is 4. The molecule has 0 atom stereocenters. The minimum atomic E-state index is 0.0513. The van der Waals surface area contributed by atoms with Crippen LogP contribution in [0.3, 0.4) is 0 Å². The Balaban J connectivity index is 1.24. The van der Waals surface area contributed by atoms with E-state index in [1.165, 1.54) is 11.1 Å². The highest BCUT2D eigenvalue weighted by atomic mass is 32.2. The Labute approximate surface area is 208 Å². The molecule has 0 spiro atoms. The topological polar surface area (TPSA) is 51.0 Å². The van der Waals surface area contributed by atoms with Crippen molar-refractivity contribution in [2.24, 2.45) is 0 Å². The van der Waals surface area contributed by atoms with E-state index in [4.69, 9.17) is 4.98 Å². The van der Waals surface area contributed by atoms with Crippen molar-refractivity contribution in [3.63, 3.8) is 0 Å². The monoisotopic (exact) mass is 476 g/mol. The molecule has 3 aromatic carbocycles. The molecule has 3 heterocycles. The number of pyridine rings is 1. The number of anilines is 1. The van der Waals surface area contributed by atoms with Crippen molar-refractivity contribution in [2.45, 2.75) is 23.9 Å². The molecular formula is C29H24N4OS. The molecule has 0 radical (unpaired) electrons. The van der Waals surface area contributed by atoms with Crippen LogP contribution in [-0.2, 0) is 18.7 Å². The smallest absolute Gasteiger partial charge is 0.258 e. The molecule has 35 heavy (non-hydrogen) atoms. The normalized spacial score (nSPS) is 12.7. The van der Waals surface area contributed by atoms with E-state index in [1.807, 2.05) is 71.8 Å². The van der Waals surface area contributed by atoms with Gasteiger partial charge in [-0.1, -0.05) is 72.4 Å². The highest BCUT2D eigenvalue weighted by Gasteiger charge is 2.25. The molecule has 0 saturated carbocycles. The van der Waals surface area contributed by atoms with E-state index in [-0.39, 0.29) is 5.91 Å². The first-order valence-corrected chi connectivity index (χ1v) is 12.7. The molecule has 0 N–H and O–H groups in total. The van der Waals surface area contributed by atoms with Crippen LogP contribution in [0, 0.1) is 0 Å². The zero-order valence-corrected chi connectivity index (χ0v) is 20.0. The van der Waals surface area contributed by atoms with Gasteiger partial charge in [0.15, 0.2) is 10.8 Å². The molecule has 0 fully saturated rings. The number of amides is 1. The number of fused-ring (bicyclic) bond motifs is 2. The summed E-state index contributed by atoms with van der Waals surface area (Å²) >= 11 is 1.71. The Hall–Kier alpha value is -3.90. The van der Waals surface area contributed by atoms with Gasteiger partial charge in [0, 0.05) is 29.7 Å². The Morgan fingerprint density at radius 3 is 2.51 bits per heavy atom. The van der Waals surface area contributed by atoms with Gasteiger partial charge in [0.1, 0.15) is 5.52 Å². The molecule has 0 aliphatic carbocycles. The molecule has 1 amide bonds. The zero-order valence-electron chi connectivity index (χ0n) is 19.2. The van der Waals surface area contributed by atoms with Crippen LogP contribution in [0.2, 0.25) is 0 Å². The fraction of sp³-hybridized carbons (Fsp3) is 0.138. The lowest BCUT2D eigenvalue weighted by Crippen LogP contribution is -2.28. The summed E-state index contributed by atoms with van der Waals surface area (Å²) in [6, 6.07) is 30.4.